The van der Waals surface area contributed by atoms with Crippen LogP contribution in [0.25, 0.3) is 23.3 Å². The minimum absolute atomic E-state index is 0.0651. The van der Waals surface area contributed by atoms with Crippen molar-refractivity contribution in [2.75, 3.05) is 6.61 Å². The van der Waals surface area contributed by atoms with E-state index in [1.165, 1.54) is 18.2 Å². The molecule has 3 aromatic carbocycles. The van der Waals surface area contributed by atoms with Gasteiger partial charge in [-0.15, -0.1) is 6.58 Å². The summed E-state index contributed by atoms with van der Waals surface area (Å²) in [5.41, 5.74) is 2.00. The van der Waals surface area contributed by atoms with E-state index in [4.69, 9.17) is 4.74 Å². The zero-order chi connectivity index (χ0) is 25.7. The summed E-state index contributed by atoms with van der Waals surface area (Å²) < 4.78 is 63.8. The number of benzene rings is 3. The monoisotopic (exact) mass is 494 g/mol. The highest BCUT2D eigenvalue weighted by Gasteiger charge is 2.25. The van der Waals surface area contributed by atoms with Crippen molar-refractivity contribution in [2.45, 2.75) is 44.9 Å². The Balaban J connectivity index is 1.48. The van der Waals surface area contributed by atoms with Gasteiger partial charge in [-0.3, -0.25) is 0 Å². The first-order valence-corrected chi connectivity index (χ1v) is 12.4. The van der Waals surface area contributed by atoms with Gasteiger partial charge < -0.3 is 4.74 Å². The fourth-order valence-corrected chi connectivity index (χ4v) is 4.67. The first-order valence-electron chi connectivity index (χ1n) is 12.4. The molecule has 0 radical (unpaired) electrons. The maximum Gasteiger partial charge on any atom is 0.201 e. The average molecular weight is 495 g/mol. The Morgan fingerprint density at radius 3 is 2.22 bits per heavy atom. The minimum atomic E-state index is -1.04. The Labute approximate surface area is 210 Å². The van der Waals surface area contributed by atoms with Gasteiger partial charge in [0.15, 0.2) is 23.2 Å². The van der Waals surface area contributed by atoms with Crippen molar-refractivity contribution in [2.24, 2.45) is 5.92 Å². The van der Waals surface area contributed by atoms with Gasteiger partial charge in [-0.05, 0) is 59.9 Å². The molecule has 1 aliphatic rings. The molecule has 188 valence electrons. The Hall–Kier alpha value is -3.34. The lowest BCUT2D eigenvalue weighted by Crippen LogP contribution is -2.13. The Kier molecular flexibility index (Phi) is 8.29. The van der Waals surface area contributed by atoms with E-state index in [9.17, 15) is 17.6 Å². The standard InChI is InChI=1S/C31H30F4O/c1-3-4-19-36-27-18-15-24(28(32)31(27)35)14-9-21-7-12-23(13-8-21)26-17-16-25(29(33)30(26)34)22-10-5-20(2)6-11-22/h3,7-9,12-18,20,22H,1,4-6,10-11,19H2,2H3/b14-9+. The summed E-state index contributed by atoms with van der Waals surface area (Å²) in [6.07, 6.45) is 9.08. The summed E-state index contributed by atoms with van der Waals surface area (Å²) >= 11 is 0. The second-order valence-corrected chi connectivity index (χ2v) is 9.45. The van der Waals surface area contributed by atoms with Gasteiger partial charge in [0.05, 0.1) is 6.61 Å². The average Bonchev–Trinajstić information content (AvgIpc) is 2.89. The molecule has 0 heterocycles. The molecule has 0 bridgehead atoms. The summed E-state index contributed by atoms with van der Waals surface area (Å²) in [5.74, 6) is -3.07. The fraction of sp³-hybridized carbons (Fsp3) is 0.290. The molecule has 1 saturated carbocycles. The zero-order valence-corrected chi connectivity index (χ0v) is 20.4. The predicted octanol–water partition coefficient (Wildman–Crippen LogP) is 9.33. The van der Waals surface area contributed by atoms with Crippen LogP contribution in [-0.4, -0.2) is 6.61 Å². The summed E-state index contributed by atoms with van der Waals surface area (Å²) in [5, 5.41) is 0. The molecule has 0 aliphatic heterocycles. The van der Waals surface area contributed by atoms with Crippen LogP contribution in [0.2, 0.25) is 0 Å². The van der Waals surface area contributed by atoms with Crippen LogP contribution in [-0.2, 0) is 0 Å². The third-order valence-electron chi connectivity index (χ3n) is 6.90. The lowest BCUT2D eigenvalue weighted by atomic mass is 9.79. The molecule has 1 nitrogen and oxygen atoms in total. The van der Waals surface area contributed by atoms with Gasteiger partial charge in [0.25, 0.3) is 0 Å². The van der Waals surface area contributed by atoms with E-state index in [0.717, 1.165) is 25.7 Å². The van der Waals surface area contributed by atoms with E-state index >= 15 is 0 Å². The molecule has 1 aliphatic carbocycles. The maximum absolute atomic E-state index is 15.0. The smallest absolute Gasteiger partial charge is 0.201 e. The van der Waals surface area contributed by atoms with Crippen molar-refractivity contribution >= 4 is 12.2 Å². The number of rotatable bonds is 8. The normalized spacial score (nSPS) is 17.9. The molecule has 36 heavy (non-hydrogen) atoms. The summed E-state index contributed by atoms with van der Waals surface area (Å²) in [7, 11) is 0. The van der Waals surface area contributed by atoms with Crippen molar-refractivity contribution in [1.82, 2.24) is 0 Å². The van der Waals surface area contributed by atoms with Crippen LogP contribution >= 0.6 is 0 Å². The lowest BCUT2D eigenvalue weighted by molar-refractivity contribution is 0.301. The van der Waals surface area contributed by atoms with Gasteiger partial charge in [-0.1, -0.05) is 74.4 Å². The van der Waals surface area contributed by atoms with Crippen molar-refractivity contribution in [3.63, 3.8) is 0 Å². The Morgan fingerprint density at radius 1 is 0.806 bits per heavy atom. The molecular weight excluding hydrogens is 464 g/mol. The van der Waals surface area contributed by atoms with Crippen molar-refractivity contribution in [3.8, 4) is 16.9 Å². The molecule has 0 atom stereocenters. The van der Waals surface area contributed by atoms with Crippen molar-refractivity contribution in [1.29, 1.82) is 0 Å². The van der Waals surface area contributed by atoms with E-state index in [-0.39, 0.29) is 29.4 Å². The van der Waals surface area contributed by atoms with Gasteiger partial charge in [0.1, 0.15) is 0 Å². The lowest BCUT2D eigenvalue weighted by Gasteiger charge is -2.27. The quantitative estimate of drug-likeness (QED) is 0.131. The topological polar surface area (TPSA) is 9.23 Å². The largest absolute Gasteiger partial charge is 0.490 e. The van der Waals surface area contributed by atoms with Crippen LogP contribution in [0.1, 0.15) is 61.6 Å². The third-order valence-corrected chi connectivity index (χ3v) is 6.90. The number of ether oxygens (including phenoxy) is 1. The molecule has 0 spiro atoms. The molecule has 0 N–H and O–H groups in total. The van der Waals surface area contributed by atoms with Crippen LogP contribution in [0.3, 0.4) is 0 Å². The highest BCUT2D eigenvalue weighted by molar-refractivity contribution is 5.73. The molecule has 0 aromatic heterocycles. The van der Waals surface area contributed by atoms with Gasteiger partial charge in [-0.25, -0.2) is 13.2 Å². The molecular formula is C31H30F4O. The van der Waals surface area contributed by atoms with E-state index in [0.29, 0.717) is 29.0 Å². The SMILES string of the molecule is C=CCCOc1ccc(/C=C/c2ccc(-c3ccc(C4CCC(C)CC4)c(F)c3F)cc2)c(F)c1F. The molecule has 1 fully saturated rings. The zero-order valence-electron chi connectivity index (χ0n) is 20.4. The van der Waals surface area contributed by atoms with E-state index in [2.05, 4.69) is 13.5 Å². The van der Waals surface area contributed by atoms with Gasteiger partial charge in [0, 0.05) is 11.1 Å². The second-order valence-electron chi connectivity index (χ2n) is 9.45. The minimum Gasteiger partial charge on any atom is -0.490 e. The Morgan fingerprint density at radius 2 is 1.53 bits per heavy atom. The second kappa shape index (κ2) is 11.6. The van der Waals surface area contributed by atoms with Crippen LogP contribution < -0.4 is 4.74 Å². The van der Waals surface area contributed by atoms with Crippen molar-refractivity contribution < 1.29 is 22.3 Å². The van der Waals surface area contributed by atoms with Gasteiger partial charge in [-0.2, -0.15) is 4.39 Å². The van der Waals surface area contributed by atoms with Gasteiger partial charge >= 0.3 is 0 Å². The first kappa shape index (κ1) is 25.7. The van der Waals surface area contributed by atoms with Gasteiger partial charge in [0.2, 0.25) is 5.82 Å². The predicted molar refractivity (Wildman–Crippen MR) is 138 cm³/mol. The van der Waals surface area contributed by atoms with Crippen LogP contribution in [0.5, 0.6) is 5.75 Å². The van der Waals surface area contributed by atoms with E-state index in [1.54, 1.807) is 48.6 Å². The summed E-state index contributed by atoms with van der Waals surface area (Å²) in [6.45, 7) is 5.97. The highest BCUT2D eigenvalue weighted by Crippen LogP contribution is 2.38. The summed E-state index contributed by atoms with van der Waals surface area (Å²) in [6, 6.07) is 13.0. The van der Waals surface area contributed by atoms with Crippen LogP contribution in [0, 0.1) is 29.2 Å². The molecule has 0 saturated heterocycles. The van der Waals surface area contributed by atoms with Crippen LogP contribution in [0.15, 0.2) is 61.2 Å². The number of hydrogen-bond acceptors (Lipinski definition) is 1. The number of halogens is 4. The van der Waals surface area contributed by atoms with Crippen LogP contribution in [0.4, 0.5) is 17.6 Å². The van der Waals surface area contributed by atoms with E-state index < -0.39 is 23.3 Å². The molecule has 5 heteroatoms. The highest BCUT2D eigenvalue weighted by atomic mass is 19.2. The molecule has 0 unspecified atom stereocenters. The number of hydrogen-bond donors (Lipinski definition) is 0. The first-order chi connectivity index (χ1) is 17.4. The Bertz CT molecular complexity index is 1240. The summed E-state index contributed by atoms with van der Waals surface area (Å²) in [4.78, 5) is 0. The van der Waals surface area contributed by atoms with E-state index in [1.807, 2.05) is 0 Å². The molecule has 3 aromatic rings. The fourth-order valence-electron chi connectivity index (χ4n) is 4.67. The van der Waals surface area contributed by atoms with Crippen molar-refractivity contribution in [3.05, 3.63) is 101 Å². The third kappa shape index (κ3) is 5.72. The molecule has 4 rings (SSSR count). The maximum atomic E-state index is 15.0. The molecule has 0 amide bonds.